The maximum Gasteiger partial charge on any atom is 0.0551 e. The van der Waals surface area contributed by atoms with Crippen molar-refractivity contribution in [2.75, 3.05) is 20.1 Å². The van der Waals surface area contributed by atoms with E-state index in [9.17, 15) is 0 Å². The zero-order valence-corrected chi connectivity index (χ0v) is 11.0. The first-order valence-electron chi connectivity index (χ1n) is 5.01. The summed E-state index contributed by atoms with van der Waals surface area (Å²) in [7, 11) is 2.15. The van der Waals surface area contributed by atoms with E-state index in [0.717, 1.165) is 29.1 Å². The molecule has 1 aromatic rings. The summed E-state index contributed by atoms with van der Waals surface area (Å²) in [5.74, 6) is 0. The molecule has 15 heavy (non-hydrogen) atoms. The van der Waals surface area contributed by atoms with Crippen molar-refractivity contribution in [2.45, 2.75) is 12.6 Å². The van der Waals surface area contributed by atoms with Crippen molar-refractivity contribution in [2.24, 2.45) is 0 Å². The highest BCUT2D eigenvalue weighted by Gasteiger charge is 2.21. The second-order valence-corrected chi connectivity index (χ2v) is 5.24. The van der Waals surface area contributed by atoms with Gasteiger partial charge >= 0.3 is 0 Å². The van der Waals surface area contributed by atoms with Gasteiger partial charge in [0.1, 0.15) is 0 Å². The van der Waals surface area contributed by atoms with Crippen LogP contribution in [0.25, 0.3) is 0 Å². The average molecular weight is 290 g/mol. The van der Waals surface area contributed by atoms with Gasteiger partial charge in [-0.2, -0.15) is 0 Å². The molecular formula is C11H14BrClN2. The van der Waals surface area contributed by atoms with E-state index < -0.39 is 0 Å². The van der Waals surface area contributed by atoms with Crippen LogP contribution in [0.2, 0.25) is 5.02 Å². The van der Waals surface area contributed by atoms with Crippen LogP contribution in [0.5, 0.6) is 0 Å². The molecule has 0 aromatic heterocycles. The van der Waals surface area contributed by atoms with Gasteiger partial charge in [0.25, 0.3) is 0 Å². The minimum atomic E-state index is 0.674. The normalized spacial score (nSPS) is 16.8. The third-order valence-corrected chi connectivity index (χ3v) is 4.03. The van der Waals surface area contributed by atoms with E-state index in [1.54, 1.807) is 0 Å². The highest BCUT2D eigenvalue weighted by Crippen LogP contribution is 2.24. The second kappa shape index (κ2) is 4.83. The van der Waals surface area contributed by atoms with Crippen LogP contribution in [-0.4, -0.2) is 31.1 Å². The van der Waals surface area contributed by atoms with Gasteiger partial charge in [-0.1, -0.05) is 17.7 Å². The van der Waals surface area contributed by atoms with E-state index in [0.29, 0.717) is 6.04 Å². The number of nitrogens with zero attached hydrogens (tertiary/aromatic N) is 1. The molecule has 1 aromatic carbocycles. The monoisotopic (exact) mass is 288 g/mol. The predicted molar refractivity (Wildman–Crippen MR) is 67.3 cm³/mol. The lowest BCUT2D eigenvalue weighted by Gasteiger charge is -2.35. The van der Waals surface area contributed by atoms with E-state index in [2.05, 4.69) is 39.3 Å². The van der Waals surface area contributed by atoms with Crippen LogP contribution < -0.4 is 5.32 Å². The van der Waals surface area contributed by atoms with Gasteiger partial charge < -0.3 is 5.32 Å². The van der Waals surface area contributed by atoms with Crippen LogP contribution in [0.15, 0.2) is 22.7 Å². The molecule has 1 N–H and O–H groups in total. The van der Waals surface area contributed by atoms with Crippen molar-refractivity contribution in [1.82, 2.24) is 10.2 Å². The Morgan fingerprint density at radius 3 is 2.80 bits per heavy atom. The number of likely N-dealkylation sites (N-methyl/N-ethyl adjacent to an activating group) is 1. The Balaban J connectivity index is 2.00. The zero-order chi connectivity index (χ0) is 10.8. The lowest BCUT2D eigenvalue weighted by Crippen LogP contribution is -2.55. The molecular weight excluding hydrogens is 275 g/mol. The molecule has 0 spiro atoms. The third kappa shape index (κ3) is 2.72. The van der Waals surface area contributed by atoms with Crippen molar-refractivity contribution in [1.29, 1.82) is 0 Å². The van der Waals surface area contributed by atoms with Gasteiger partial charge in [-0.05, 0) is 40.7 Å². The summed E-state index contributed by atoms with van der Waals surface area (Å²) in [6.45, 7) is 3.15. The first kappa shape index (κ1) is 11.4. The van der Waals surface area contributed by atoms with Gasteiger partial charge in [-0.25, -0.2) is 0 Å². The Hall–Kier alpha value is -0.0900. The quantitative estimate of drug-likeness (QED) is 0.920. The van der Waals surface area contributed by atoms with E-state index in [4.69, 9.17) is 11.6 Å². The fourth-order valence-corrected chi connectivity index (χ4v) is 2.09. The number of nitrogens with one attached hydrogen (secondary N) is 1. The Kier molecular flexibility index (Phi) is 3.67. The van der Waals surface area contributed by atoms with Crippen molar-refractivity contribution in [3.05, 3.63) is 33.3 Å². The van der Waals surface area contributed by atoms with E-state index in [1.165, 1.54) is 5.56 Å². The number of hydrogen-bond donors (Lipinski definition) is 1. The Morgan fingerprint density at radius 2 is 2.27 bits per heavy atom. The van der Waals surface area contributed by atoms with Gasteiger partial charge in [-0.3, -0.25) is 4.90 Å². The molecule has 0 unspecified atom stereocenters. The summed E-state index contributed by atoms with van der Waals surface area (Å²) in [5.41, 5.74) is 1.26. The fourth-order valence-electron chi connectivity index (χ4n) is 1.64. The molecule has 82 valence electrons. The molecule has 0 bridgehead atoms. The van der Waals surface area contributed by atoms with Crippen LogP contribution in [0.3, 0.4) is 0 Å². The van der Waals surface area contributed by atoms with Crippen molar-refractivity contribution in [3.8, 4) is 0 Å². The summed E-state index contributed by atoms with van der Waals surface area (Å²) >= 11 is 9.44. The standard InChI is InChI=1S/C11H14BrClN2/c1-15(9-5-14-6-9)7-8-2-3-10(12)11(13)4-8/h2-4,9,14H,5-7H2,1H3. The fraction of sp³-hybridized carbons (Fsp3) is 0.455. The minimum Gasteiger partial charge on any atom is -0.314 e. The van der Waals surface area contributed by atoms with Crippen LogP contribution in [0.1, 0.15) is 5.56 Å². The number of hydrogen-bond acceptors (Lipinski definition) is 2. The largest absolute Gasteiger partial charge is 0.314 e. The molecule has 1 aliphatic heterocycles. The third-order valence-electron chi connectivity index (χ3n) is 2.80. The van der Waals surface area contributed by atoms with Crippen molar-refractivity contribution in [3.63, 3.8) is 0 Å². The Bertz CT molecular complexity index is 352. The molecule has 1 heterocycles. The van der Waals surface area contributed by atoms with E-state index >= 15 is 0 Å². The molecule has 0 radical (unpaired) electrons. The number of halogens is 2. The van der Waals surface area contributed by atoms with Gasteiger partial charge in [0.2, 0.25) is 0 Å². The molecule has 0 saturated carbocycles. The molecule has 1 saturated heterocycles. The second-order valence-electron chi connectivity index (χ2n) is 3.98. The lowest BCUT2D eigenvalue weighted by molar-refractivity contribution is 0.173. The maximum absolute atomic E-state index is 6.05. The van der Waals surface area contributed by atoms with Crippen LogP contribution in [-0.2, 0) is 6.54 Å². The van der Waals surface area contributed by atoms with Crippen LogP contribution >= 0.6 is 27.5 Å². The zero-order valence-electron chi connectivity index (χ0n) is 8.63. The maximum atomic E-state index is 6.05. The summed E-state index contributed by atoms with van der Waals surface area (Å²) in [6, 6.07) is 6.81. The smallest absolute Gasteiger partial charge is 0.0551 e. The van der Waals surface area contributed by atoms with Crippen LogP contribution in [0, 0.1) is 0 Å². The summed E-state index contributed by atoms with van der Waals surface area (Å²) in [6.07, 6.45) is 0. The Morgan fingerprint density at radius 1 is 1.53 bits per heavy atom. The predicted octanol–water partition coefficient (Wildman–Crippen LogP) is 2.51. The van der Waals surface area contributed by atoms with Crippen molar-refractivity contribution < 1.29 is 0 Å². The van der Waals surface area contributed by atoms with Crippen molar-refractivity contribution >= 4 is 27.5 Å². The van der Waals surface area contributed by atoms with Gasteiger partial charge in [0.15, 0.2) is 0 Å². The van der Waals surface area contributed by atoms with Crippen LogP contribution in [0.4, 0.5) is 0 Å². The van der Waals surface area contributed by atoms with Gasteiger partial charge in [-0.15, -0.1) is 0 Å². The summed E-state index contributed by atoms with van der Waals surface area (Å²) in [5, 5.41) is 4.06. The lowest BCUT2D eigenvalue weighted by atomic mass is 10.1. The molecule has 1 aliphatic rings. The van der Waals surface area contributed by atoms with Gasteiger partial charge in [0, 0.05) is 30.1 Å². The number of rotatable bonds is 3. The molecule has 1 fully saturated rings. The topological polar surface area (TPSA) is 15.3 Å². The minimum absolute atomic E-state index is 0.674. The SMILES string of the molecule is CN(Cc1ccc(Br)c(Cl)c1)C1CNC1. The summed E-state index contributed by atoms with van der Waals surface area (Å²) < 4.78 is 0.959. The van der Waals surface area contributed by atoms with E-state index in [1.807, 2.05) is 12.1 Å². The summed E-state index contributed by atoms with van der Waals surface area (Å²) in [4.78, 5) is 2.36. The molecule has 0 atom stereocenters. The average Bonchev–Trinajstić information content (AvgIpc) is 2.08. The highest BCUT2D eigenvalue weighted by molar-refractivity contribution is 9.10. The highest BCUT2D eigenvalue weighted by atomic mass is 79.9. The molecule has 2 nitrogen and oxygen atoms in total. The molecule has 4 heteroatoms. The Labute approximate surface area is 104 Å². The first-order chi connectivity index (χ1) is 7.16. The number of benzene rings is 1. The first-order valence-corrected chi connectivity index (χ1v) is 6.19. The molecule has 2 rings (SSSR count). The van der Waals surface area contributed by atoms with Gasteiger partial charge in [0.05, 0.1) is 5.02 Å². The van der Waals surface area contributed by atoms with E-state index in [-0.39, 0.29) is 0 Å². The molecule has 0 aliphatic carbocycles. The molecule has 0 amide bonds.